The lowest BCUT2D eigenvalue weighted by atomic mass is 9.97. The van der Waals surface area contributed by atoms with Crippen LogP contribution in [0.25, 0.3) is 11.5 Å². The van der Waals surface area contributed by atoms with E-state index in [1.54, 1.807) is 18.3 Å². The van der Waals surface area contributed by atoms with Crippen LogP contribution >= 0.6 is 0 Å². The van der Waals surface area contributed by atoms with E-state index in [0.717, 1.165) is 16.7 Å². The molecule has 1 aliphatic heterocycles. The highest BCUT2D eigenvalue weighted by Crippen LogP contribution is 2.28. The van der Waals surface area contributed by atoms with Gasteiger partial charge in [0.2, 0.25) is 11.0 Å². The number of H-pyrrole nitrogens is 1. The van der Waals surface area contributed by atoms with E-state index >= 15 is 0 Å². The topological polar surface area (TPSA) is 108 Å². The highest BCUT2D eigenvalue weighted by Gasteiger charge is 2.35. The van der Waals surface area contributed by atoms with Gasteiger partial charge in [-0.1, -0.05) is 17.7 Å². The van der Waals surface area contributed by atoms with Gasteiger partial charge >= 0.3 is 0 Å². The average molecular weight is 457 g/mol. The summed E-state index contributed by atoms with van der Waals surface area (Å²) in [6.45, 7) is 7.07. The van der Waals surface area contributed by atoms with E-state index in [1.807, 2.05) is 13.8 Å². The molecule has 2 N–H and O–H groups in total. The van der Waals surface area contributed by atoms with Gasteiger partial charge in [-0.25, -0.2) is 8.42 Å². The van der Waals surface area contributed by atoms with E-state index in [2.05, 4.69) is 34.6 Å². The summed E-state index contributed by atoms with van der Waals surface area (Å²) in [5.74, 6) is -0.121. The fraction of sp³-hybridized carbons (Fsp3) is 0.391. The Bertz CT molecular complexity index is 1190. The van der Waals surface area contributed by atoms with Crippen LogP contribution in [0.15, 0.2) is 46.0 Å². The number of furan rings is 1. The molecule has 3 aromatic rings. The Morgan fingerprint density at radius 1 is 1.22 bits per heavy atom. The number of aryl methyl sites for hydroxylation is 3. The number of nitrogens with one attached hydrogen (secondary N) is 2. The molecule has 0 saturated carbocycles. The molecule has 1 aliphatic rings. The Kier molecular flexibility index (Phi) is 6.21. The first-order chi connectivity index (χ1) is 15.3. The minimum absolute atomic E-state index is 0.123. The molecule has 170 valence electrons. The molecule has 8 nitrogen and oxygen atoms in total. The number of rotatable bonds is 6. The van der Waals surface area contributed by atoms with Crippen LogP contribution in [0, 0.1) is 26.7 Å². The monoisotopic (exact) mass is 456 g/mol. The average Bonchev–Trinajstić information content (AvgIpc) is 3.45. The first kappa shape index (κ1) is 22.3. The Balaban J connectivity index is 1.43. The van der Waals surface area contributed by atoms with E-state index in [-0.39, 0.29) is 17.5 Å². The SMILES string of the molecule is Cc1cc(C)c(CNC(=O)[C@H]2CCCN(S(=O)(=O)c3ccc(-c4ccn[nH]4)o3)C2)c(C)c1. The normalized spacial score (nSPS) is 17.4. The maximum atomic E-state index is 13.1. The van der Waals surface area contributed by atoms with Crippen molar-refractivity contribution >= 4 is 15.9 Å². The molecule has 1 saturated heterocycles. The summed E-state index contributed by atoms with van der Waals surface area (Å²) in [6, 6.07) is 8.95. The third-order valence-corrected chi connectivity index (χ3v) is 7.72. The van der Waals surface area contributed by atoms with Crippen molar-refractivity contribution in [3.05, 3.63) is 58.8 Å². The number of hydrogen-bond acceptors (Lipinski definition) is 5. The van der Waals surface area contributed by atoms with E-state index in [9.17, 15) is 13.2 Å². The first-order valence-corrected chi connectivity index (χ1v) is 12.1. The Labute approximate surface area is 188 Å². The maximum Gasteiger partial charge on any atom is 0.276 e. The fourth-order valence-electron chi connectivity index (χ4n) is 4.31. The molecular weight excluding hydrogens is 428 g/mol. The smallest absolute Gasteiger partial charge is 0.276 e. The number of aromatic nitrogens is 2. The number of hydrogen-bond donors (Lipinski definition) is 2. The summed E-state index contributed by atoms with van der Waals surface area (Å²) in [5, 5.41) is 9.49. The van der Waals surface area contributed by atoms with Gasteiger partial charge in [-0.2, -0.15) is 9.40 Å². The second kappa shape index (κ2) is 8.91. The van der Waals surface area contributed by atoms with E-state index in [1.165, 1.54) is 15.9 Å². The van der Waals surface area contributed by atoms with Gasteiger partial charge in [-0.3, -0.25) is 9.89 Å². The van der Waals surface area contributed by atoms with Crippen LogP contribution in [-0.4, -0.2) is 41.9 Å². The zero-order valence-corrected chi connectivity index (χ0v) is 19.3. The Morgan fingerprint density at radius 2 is 1.97 bits per heavy atom. The lowest BCUT2D eigenvalue weighted by Crippen LogP contribution is -2.45. The van der Waals surface area contributed by atoms with Gasteiger partial charge in [0.15, 0.2) is 5.76 Å². The lowest BCUT2D eigenvalue weighted by Gasteiger charge is -2.30. The summed E-state index contributed by atoms with van der Waals surface area (Å²) in [6.07, 6.45) is 2.84. The van der Waals surface area contributed by atoms with Crippen LogP contribution in [0.3, 0.4) is 0 Å². The number of carbonyl (C=O) groups is 1. The van der Waals surface area contributed by atoms with Crippen molar-refractivity contribution in [2.45, 2.75) is 45.2 Å². The largest absolute Gasteiger partial charge is 0.442 e. The molecule has 0 spiro atoms. The summed E-state index contributed by atoms with van der Waals surface area (Å²) < 4.78 is 33.2. The summed E-state index contributed by atoms with van der Waals surface area (Å²) >= 11 is 0. The molecule has 0 bridgehead atoms. The molecule has 0 aliphatic carbocycles. The quantitative estimate of drug-likeness (QED) is 0.592. The van der Waals surface area contributed by atoms with Crippen LogP contribution < -0.4 is 5.32 Å². The molecule has 9 heteroatoms. The second-order valence-electron chi connectivity index (χ2n) is 8.39. The number of sulfonamides is 1. The molecule has 2 aromatic heterocycles. The molecule has 3 heterocycles. The molecule has 1 fully saturated rings. The molecule has 32 heavy (non-hydrogen) atoms. The second-order valence-corrected chi connectivity index (χ2v) is 10.3. The minimum atomic E-state index is -3.83. The van der Waals surface area contributed by atoms with Gasteiger partial charge in [0.1, 0.15) is 5.69 Å². The summed E-state index contributed by atoms with van der Waals surface area (Å²) in [5.41, 5.74) is 5.18. The molecule has 0 radical (unpaired) electrons. The first-order valence-electron chi connectivity index (χ1n) is 10.7. The zero-order chi connectivity index (χ0) is 22.9. The van der Waals surface area contributed by atoms with Crippen LogP contribution in [0.1, 0.15) is 35.1 Å². The predicted molar refractivity (Wildman–Crippen MR) is 120 cm³/mol. The molecule has 4 rings (SSSR count). The van der Waals surface area contributed by atoms with Crippen molar-refractivity contribution in [2.24, 2.45) is 5.92 Å². The van der Waals surface area contributed by atoms with Crippen molar-refractivity contribution < 1.29 is 17.6 Å². The molecule has 1 atom stereocenters. The molecule has 1 amide bonds. The molecular formula is C23H28N4O4S. The molecule has 1 aromatic carbocycles. The van der Waals surface area contributed by atoms with Crippen LogP contribution in [0.4, 0.5) is 0 Å². The minimum Gasteiger partial charge on any atom is -0.442 e. The number of amides is 1. The lowest BCUT2D eigenvalue weighted by molar-refractivity contribution is -0.126. The van der Waals surface area contributed by atoms with Crippen molar-refractivity contribution in [2.75, 3.05) is 13.1 Å². The third-order valence-electron chi connectivity index (χ3n) is 5.98. The van der Waals surface area contributed by atoms with Gasteiger partial charge in [0.05, 0.1) is 5.92 Å². The van der Waals surface area contributed by atoms with Crippen LogP contribution in [0.5, 0.6) is 0 Å². The molecule has 0 unspecified atom stereocenters. The third kappa shape index (κ3) is 4.49. The van der Waals surface area contributed by atoms with Crippen molar-refractivity contribution in [1.29, 1.82) is 0 Å². The van der Waals surface area contributed by atoms with Gasteiger partial charge in [0, 0.05) is 25.8 Å². The van der Waals surface area contributed by atoms with E-state index < -0.39 is 15.9 Å². The van der Waals surface area contributed by atoms with Crippen molar-refractivity contribution in [3.8, 4) is 11.5 Å². The fourth-order valence-corrected chi connectivity index (χ4v) is 5.74. The number of carbonyl (C=O) groups excluding carboxylic acids is 1. The van der Waals surface area contributed by atoms with Crippen LogP contribution in [-0.2, 0) is 21.4 Å². The van der Waals surface area contributed by atoms with Gasteiger partial charge in [0.25, 0.3) is 10.0 Å². The zero-order valence-electron chi connectivity index (χ0n) is 18.5. The number of piperidine rings is 1. The van der Waals surface area contributed by atoms with Gasteiger partial charge < -0.3 is 9.73 Å². The standard InChI is InChI=1S/C23H28N4O4S/c1-15-11-16(2)19(17(3)12-15)13-24-23(28)18-5-4-10-27(14-18)32(29,30)22-7-6-21(31-22)20-8-9-25-26-20/h6-9,11-12,18H,4-5,10,13-14H2,1-3H3,(H,24,28)(H,25,26)/t18-/m0/s1. The summed E-state index contributed by atoms with van der Waals surface area (Å²) in [4.78, 5) is 12.9. The van der Waals surface area contributed by atoms with Crippen molar-refractivity contribution in [1.82, 2.24) is 19.8 Å². The highest BCUT2D eigenvalue weighted by atomic mass is 32.2. The summed E-state index contributed by atoms with van der Waals surface area (Å²) in [7, 11) is -3.83. The van der Waals surface area contributed by atoms with Crippen LogP contribution in [0.2, 0.25) is 0 Å². The van der Waals surface area contributed by atoms with E-state index in [0.29, 0.717) is 37.4 Å². The predicted octanol–water partition coefficient (Wildman–Crippen LogP) is 3.31. The van der Waals surface area contributed by atoms with E-state index in [4.69, 9.17) is 4.42 Å². The van der Waals surface area contributed by atoms with Gasteiger partial charge in [-0.15, -0.1) is 0 Å². The number of benzene rings is 1. The highest BCUT2D eigenvalue weighted by molar-refractivity contribution is 7.89. The maximum absolute atomic E-state index is 13.1. The number of aromatic amines is 1. The number of nitrogens with zero attached hydrogens (tertiary/aromatic N) is 2. The Morgan fingerprint density at radius 3 is 2.66 bits per heavy atom. The van der Waals surface area contributed by atoms with Crippen molar-refractivity contribution in [3.63, 3.8) is 0 Å². The van der Waals surface area contributed by atoms with Gasteiger partial charge in [-0.05, 0) is 68.5 Å². The Hall–Kier alpha value is -2.91.